The summed E-state index contributed by atoms with van der Waals surface area (Å²) in [5.74, 6) is 0.378. The lowest BCUT2D eigenvalue weighted by molar-refractivity contribution is -0.115. The molecule has 2 N–H and O–H groups in total. The van der Waals surface area contributed by atoms with Crippen molar-refractivity contribution in [2.24, 2.45) is 0 Å². The maximum atomic E-state index is 12.9. The van der Waals surface area contributed by atoms with Gasteiger partial charge in [0, 0.05) is 34.1 Å². The number of hydrogen-bond donors (Lipinski definition) is 2. The van der Waals surface area contributed by atoms with Crippen LogP contribution in [0.3, 0.4) is 0 Å². The van der Waals surface area contributed by atoms with Crippen LogP contribution in [0.1, 0.15) is 48.7 Å². The summed E-state index contributed by atoms with van der Waals surface area (Å²) in [6.45, 7) is 6.06. The van der Waals surface area contributed by atoms with Gasteiger partial charge < -0.3 is 15.4 Å². The van der Waals surface area contributed by atoms with Crippen LogP contribution in [-0.2, 0) is 11.2 Å². The molecule has 2 aromatic rings. The summed E-state index contributed by atoms with van der Waals surface area (Å²) in [5.41, 5.74) is 3.89. The Morgan fingerprint density at radius 1 is 1.23 bits per heavy atom. The highest BCUT2D eigenvalue weighted by atomic mass is 35.5. The molecule has 0 fully saturated rings. The van der Waals surface area contributed by atoms with Crippen molar-refractivity contribution in [1.82, 2.24) is 5.32 Å². The molecular formula is C24H27ClN2O3. The van der Waals surface area contributed by atoms with Gasteiger partial charge >= 0.3 is 0 Å². The number of amides is 1. The standard InChI is InChI=1S/C24H27ClN2O3/c1-5-20(25)23(29)26-17-9-6-15(7-10-17)22(28)13-21-19-12-18(30-4)11-8-16(19)14-24(2,3)27-21/h6-13,20,27H,5,14H2,1-4H3,(H,26,29)/b21-13-. The van der Waals surface area contributed by atoms with E-state index in [-0.39, 0.29) is 17.2 Å². The first-order valence-electron chi connectivity index (χ1n) is 9.99. The van der Waals surface area contributed by atoms with Gasteiger partial charge in [-0.2, -0.15) is 0 Å². The fourth-order valence-corrected chi connectivity index (χ4v) is 3.55. The first kappa shape index (κ1) is 21.9. The van der Waals surface area contributed by atoms with Gasteiger partial charge in [0.2, 0.25) is 5.91 Å². The highest BCUT2D eigenvalue weighted by Crippen LogP contribution is 2.32. The van der Waals surface area contributed by atoms with Gasteiger partial charge in [0.1, 0.15) is 11.1 Å². The zero-order valence-electron chi connectivity index (χ0n) is 17.7. The van der Waals surface area contributed by atoms with E-state index in [1.54, 1.807) is 37.5 Å². The first-order valence-corrected chi connectivity index (χ1v) is 10.4. The number of rotatable bonds is 6. The van der Waals surface area contributed by atoms with Crippen molar-refractivity contribution in [3.05, 3.63) is 65.2 Å². The van der Waals surface area contributed by atoms with Crippen LogP contribution < -0.4 is 15.4 Å². The molecule has 0 aliphatic carbocycles. The maximum absolute atomic E-state index is 12.9. The Balaban J connectivity index is 1.84. The number of nitrogens with one attached hydrogen (secondary N) is 2. The number of carbonyl (C=O) groups is 2. The molecule has 6 heteroatoms. The van der Waals surface area contributed by atoms with Crippen LogP contribution in [0.5, 0.6) is 5.75 Å². The summed E-state index contributed by atoms with van der Waals surface area (Å²) >= 11 is 5.95. The molecule has 1 atom stereocenters. The minimum Gasteiger partial charge on any atom is -0.497 e. The molecule has 30 heavy (non-hydrogen) atoms. The van der Waals surface area contributed by atoms with Crippen molar-refractivity contribution in [1.29, 1.82) is 0 Å². The van der Waals surface area contributed by atoms with Crippen molar-refractivity contribution in [2.75, 3.05) is 12.4 Å². The molecule has 0 saturated carbocycles. The smallest absolute Gasteiger partial charge is 0.242 e. The molecule has 1 aliphatic rings. The van der Waals surface area contributed by atoms with Gasteiger partial charge in [-0.3, -0.25) is 9.59 Å². The summed E-state index contributed by atoms with van der Waals surface area (Å²) in [7, 11) is 1.63. The lowest BCUT2D eigenvalue weighted by Gasteiger charge is -2.35. The molecule has 0 saturated heterocycles. The van der Waals surface area contributed by atoms with E-state index in [1.165, 1.54) is 5.56 Å². The fourth-order valence-electron chi connectivity index (χ4n) is 3.49. The monoisotopic (exact) mass is 426 g/mol. The molecule has 1 unspecified atom stereocenters. The van der Waals surface area contributed by atoms with E-state index in [9.17, 15) is 9.59 Å². The van der Waals surface area contributed by atoms with Gasteiger partial charge in [-0.05, 0) is 68.7 Å². The molecule has 0 bridgehead atoms. The average Bonchev–Trinajstić information content (AvgIpc) is 2.72. The molecule has 0 spiro atoms. The molecule has 1 amide bonds. The van der Waals surface area contributed by atoms with Gasteiger partial charge in [0.05, 0.1) is 7.11 Å². The highest BCUT2D eigenvalue weighted by Gasteiger charge is 2.28. The number of fused-ring (bicyclic) bond motifs is 1. The molecule has 0 radical (unpaired) electrons. The van der Waals surface area contributed by atoms with Gasteiger partial charge in [0.25, 0.3) is 0 Å². The Morgan fingerprint density at radius 2 is 1.93 bits per heavy atom. The molecule has 5 nitrogen and oxygen atoms in total. The average molecular weight is 427 g/mol. The molecule has 2 aromatic carbocycles. The maximum Gasteiger partial charge on any atom is 0.242 e. The molecule has 158 valence electrons. The summed E-state index contributed by atoms with van der Waals surface area (Å²) < 4.78 is 5.36. The van der Waals surface area contributed by atoms with E-state index in [4.69, 9.17) is 16.3 Å². The topological polar surface area (TPSA) is 67.4 Å². The number of ketones is 1. The number of ether oxygens (including phenoxy) is 1. The predicted octanol–water partition coefficient (Wildman–Crippen LogP) is 4.80. The number of alkyl halides is 1. The second kappa shape index (κ2) is 8.92. The first-order chi connectivity index (χ1) is 14.2. The Morgan fingerprint density at radius 3 is 2.57 bits per heavy atom. The van der Waals surface area contributed by atoms with E-state index >= 15 is 0 Å². The number of methoxy groups -OCH3 is 1. The van der Waals surface area contributed by atoms with Crippen LogP contribution in [0.4, 0.5) is 5.69 Å². The Bertz CT molecular complexity index is 980. The van der Waals surface area contributed by atoms with E-state index in [0.29, 0.717) is 17.7 Å². The Kier molecular flexibility index (Phi) is 6.52. The number of benzene rings is 2. The number of halogens is 1. The van der Waals surface area contributed by atoms with Crippen LogP contribution in [0.25, 0.3) is 5.70 Å². The van der Waals surface area contributed by atoms with Crippen LogP contribution in [0.2, 0.25) is 0 Å². The van der Waals surface area contributed by atoms with Crippen LogP contribution in [-0.4, -0.2) is 29.7 Å². The predicted molar refractivity (Wildman–Crippen MR) is 121 cm³/mol. The van der Waals surface area contributed by atoms with Crippen LogP contribution >= 0.6 is 11.6 Å². The second-order valence-corrected chi connectivity index (χ2v) is 8.60. The van der Waals surface area contributed by atoms with Crippen LogP contribution in [0.15, 0.2) is 48.5 Å². The summed E-state index contributed by atoms with van der Waals surface area (Å²) in [6.07, 6.45) is 3.03. The van der Waals surface area contributed by atoms with E-state index in [1.807, 2.05) is 25.1 Å². The van der Waals surface area contributed by atoms with E-state index < -0.39 is 5.38 Å². The van der Waals surface area contributed by atoms with E-state index in [2.05, 4.69) is 24.5 Å². The molecule has 1 heterocycles. The van der Waals surface area contributed by atoms with Crippen molar-refractivity contribution in [2.45, 2.75) is 44.5 Å². The highest BCUT2D eigenvalue weighted by molar-refractivity contribution is 6.32. The largest absolute Gasteiger partial charge is 0.497 e. The molecule has 1 aliphatic heterocycles. The van der Waals surface area contributed by atoms with Gasteiger partial charge in [-0.25, -0.2) is 0 Å². The van der Waals surface area contributed by atoms with Crippen molar-refractivity contribution in [3.8, 4) is 5.75 Å². The molecular weight excluding hydrogens is 400 g/mol. The third kappa shape index (κ3) is 5.03. The molecule has 3 rings (SSSR count). The zero-order chi connectivity index (χ0) is 21.9. The number of carbonyl (C=O) groups excluding carboxylic acids is 2. The summed E-state index contributed by atoms with van der Waals surface area (Å²) in [6, 6.07) is 12.8. The van der Waals surface area contributed by atoms with Gasteiger partial charge in [-0.15, -0.1) is 11.6 Å². The lowest BCUT2D eigenvalue weighted by Crippen LogP contribution is -2.43. The van der Waals surface area contributed by atoms with Gasteiger partial charge in [0.15, 0.2) is 5.78 Å². The third-order valence-corrected chi connectivity index (χ3v) is 5.57. The van der Waals surface area contributed by atoms with Crippen molar-refractivity contribution in [3.63, 3.8) is 0 Å². The summed E-state index contributed by atoms with van der Waals surface area (Å²) in [5, 5.41) is 5.65. The Hall–Kier alpha value is -2.79. The molecule has 0 aromatic heterocycles. The quantitative estimate of drug-likeness (QED) is 0.395. The summed E-state index contributed by atoms with van der Waals surface area (Å²) in [4.78, 5) is 24.8. The number of allylic oxidation sites excluding steroid dienone is 1. The van der Waals surface area contributed by atoms with E-state index in [0.717, 1.165) is 23.4 Å². The SMILES string of the molecule is CCC(Cl)C(=O)Nc1ccc(C(=O)/C=C2\NC(C)(C)Cc3ccc(OC)cc32)cc1. The van der Waals surface area contributed by atoms with Crippen LogP contribution in [0, 0.1) is 0 Å². The van der Waals surface area contributed by atoms with Crippen molar-refractivity contribution < 1.29 is 14.3 Å². The normalized spacial score (nSPS) is 16.9. The number of anilines is 1. The second-order valence-electron chi connectivity index (χ2n) is 8.07. The number of hydrogen-bond acceptors (Lipinski definition) is 4. The zero-order valence-corrected chi connectivity index (χ0v) is 18.5. The third-order valence-electron chi connectivity index (χ3n) is 5.07. The fraction of sp³-hybridized carbons (Fsp3) is 0.333. The lowest BCUT2D eigenvalue weighted by atomic mass is 9.85. The minimum absolute atomic E-state index is 0.120. The van der Waals surface area contributed by atoms with Gasteiger partial charge in [-0.1, -0.05) is 13.0 Å². The Labute approximate surface area is 182 Å². The minimum atomic E-state index is -0.575. The van der Waals surface area contributed by atoms with Crippen molar-refractivity contribution >= 4 is 34.7 Å².